The second-order valence-corrected chi connectivity index (χ2v) is 3.30. The van der Waals surface area contributed by atoms with Crippen LogP contribution < -0.4 is 0 Å². The van der Waals surface area contributed by atoms with Crippen molar-refractivity contribution in [3.05, 3.63) is 0 Å². The van der Waals surface area contributed by atoms with E-state index in [0.29, 0.717) is 18.5 Å². The molecule has 0 N–H and O–H groups in total. The summed E-state index contributed by atoms with van der Waals surface area (Å²) in [7, 11) is 0. The van der Waals surface area contributed by atoms with Gasteiger partial charge in [-0.2, -0.15) is 5.26 Å². The maximum absolute atomic E-state index is 8.73. The predicted molar refractivity (Wildman–Crippen MR) is 45.3 cm³/mol. The van der Waals surface area contributed by atoms with E-state index in [-0.39, 0.29) is 0 Å². The van der Waals surface area contributed by atoms with Crippen LogP contribution >= 0.6 is 11.6 Å². The van der Waals surface area contributed by atoms with Crippen molar-refractivity contribution in [2.24, 2.45) is 0 Å². The summed E-state index contributed by atoms with van der Waals surface area (Å²) in [6.45, 7) is 0.711. The lowest BCUT2D eigenvalue weighted by atomic mass is 10.2. The molecule has 2 nitrogen and oxygen atoms in total. The smallest absolute Gasteiger partial charge is 0.179 e. The van der Waals surface area contributed by atoms with Crippen LogP contribution in [0.15, 0.2) is 0 Å². The average Bonchev–Trinajstić information content (AvgIpc) is 2.52. The van der Waals surface area contributed by atoms with Crippen LogP contribution in [0.4, 0.5) is 0 Å². The molecule has 0 unspecified atom stereocenters. The van der Waals surface area contributed by atoms with Gasteiger partial charge in [0.25, 0.3) is 0 Å². The summed E-state index contributed by atoms with van der Waals surface area (Å²) >= 11 is 5.56. The van der Waals surface area contributed by atoms with Crippen molar-refractivity contribution >= 4 is 11.6 Å². The number of rotatable bonds is 3. The van der Waals surface area contributed by atoms with Gasteiger partial charge in [-0.1, -0.05) is 12.8 Å². The standard InChI is InChI=1S/C8H13ClN2/c9-5-6-11(7-10)8-3-1-2-4-8/h8H,1-6H2. The van der Waals surface area contributed by atoms with Crippen molar-refractivity contribution in [3.8, 4) is 6.19 Å². The third-order valence-corrected chi connectivity index (χ3v) is 2.39. The molecular formula is C8H13ClN2. The first-order chi connectivity index (χ1) is 5.38. The number of halogens is 1. The molecule has 0 atom stereocenters. The Balaban J connectivity index is 2.35. The van der Waals surface area contributed by atoms with Crippen LogP contribution in [0.1, 0.15) is 25.7 Å². The first-order valence-corrected chi connectivity index (χ1v) is 4.64. The Kier molecular flexibility index (Phi) is 3.51. The van der Waals surface area contributed by atoms with Crippen LogP contribution in [0.2, 0.25) is 0 Å². The van der Waals surface area contributed by atoms with Crippen LogP contribution in [-0.2, 0) is 0 Å². The summed E-state index contributed by atoms with van der Waals surface area (Å²) in [6, 6.07) is 0.485. The largest absolute Gasteiger partial charge is 0.306 e. The Hall–Kier alpha value is -0.420. The van der Waals surface area contributed by atoms with Crippen molar-refractivity contribution in [3.63, 3.8) is 0 Å². The second kappa shape index (κ2) is 4.46. The summed E-state index contributed by atoms with van der Waals surface area (Å²) < 4.78 is 0. The molecule has 1 aliphatic carbocycles. The highest BCUT2D eigenvalue weighted by Crippen LogP contribution is 2.22. The molecule has 1 rings (SSSR count). The van der Waals surface area contributed by atoms with Gasteiger partial charge in [0.15, 0.2) is 6.19 Å². The number of alkyl halides is 1. The monoisotopic (exact) mass is 172 g/mol. The van der Waals surface area contributed by atoms with Gasteiger partial charge < -0.3 is 4.90 Å². The van der Waals surface area contributed by atoms with E-state index in [0.717, 1.165) is 0 Å². The van der Waals surface area contributed by atoms with Gasteiger partial charge in [-0.15, -0.1) is 11.6 Å². The molecule has 0 bridgehead atoms. The Morgan fingerprint density at radius 3 is 2.55 bits per heavy atom. The van der Waals surface area contributed by atoms with Gasteiger partial charge in [0, 0.05) is 18.5 Å². The average molecular weight is 173 g/mol. The lowest BCUT2D eigenvalue weighted by Gasteiger charge is -2.21. The van der Waals surface area contributed by atoms with Crippen LogP contribution in [0.3, 0.4) is 0 Å². The second-order valence-electron chi connectivity index (χ2n) is 2.92. The summed E-state index contributed by atoms with van der Waals surface area (Å²) in [5, 5.41) is 8.73. The van der Waals surface area contributed by atoms with Crippen LogP contribution in [0.25, 0.3) is 0 Å². The molecule has 1 aliphatic rings. The molecule has 0 aliphatic heterocycles. The van der Waals surface area contributed by atoms with E-state index in [1.165, 1.54) is 25.7 Å². The van der Waals surface area contributed by atoms with Crippen LogP contribution in [0.5, 0.6) is 0 Å². The fraction of sp³-hybridized carbons (Fsp3) is 0.875. The van der Waals surface area contributed by atoms with Gasteiger partial charge in [-0.05, 0) is 12.8 Å². The van der Waals surface area contributed by atoms with Crippen molar-refractivity contribution in [2.45, 2.75) is 31.7 Å². The predicted octanol–water partition coefficient (Wildman–Crippen LogP) is 1.95. The Morgan fingerprint density at radius 2 is 2.09 bits per heavy atom. The Labute approximate surface area is 72.7 Å². The minimum atomic E-state index is 0.485. The Morgan fingerprint density at radius 1 is 1.45 bits per heavy atom. The maximum Gasteiger partial charge on any atom is 0.179 e. The number of hydrogen-bond donors (Lipinski definition) is 0. The zero-order valence-corrected chi connectivity index (χ0v) is 7.35. The summed E-state index contributed by atoms with van der Waals surface area (Å²) in [5.74, 6) is 0.560. The minimum Gasteiger partial charge on any atom is -0.306 e. The number of hydrogen-bond acceptors (Lipinski definition) is 2. The third kappa shape index (κ3) is 2.27. The SMILES string of the molecule is N#CN(CCCl)C1CCCC1. The lowest BCUT2D eigenvalue weighted by molar-refractivity contribution is 0.308. The molecule has 3 heteroatoms. The molecule has 0 spiro atoms. The Bertz CT molecular complexity index is 147. The fourth-order valence-corrected chi connectivity index (χ4v) is 1.80. The minimum absolute atomic E-state index is 0.485. The van der Waals surface area contributed by atoms with Crippen molar-refractivity contribution < 1.29 is 0 Å². The summed E-state index contributed by atoms with van der Waals surface area (Å²) in [5.41, 5.74) is 0. The van der Waals surface area contributed by atoms with E-state index in [9.17, 15) is 0 Å². The zero-order valence-electron chi connectivity index (χ0n) is 6.59. The first kappa shape index (κ1) is 8.67. The molecule has 0 aromatic heterocycles. The van der Waals surface area contributed by atoms with Crippen molar-refractivity contribution in [2.75, 3.05) is 12.4 Å². The van der Waals surface area contributed by atoms with Gasteiger partial charge in [-0.25, -0.2) is 0 Å². The van der Waals surface area contributed by atoms with Gasteiger partial charge in [0.2, 0.25) is 0 Å². The van der Waals surface area contributed by atoms with Gasteiger partial charge in [0.1, 0.15) is 0 Å². The fourth-order valence-electron chi connectivity index (χ4n) is 1.62. The van der Waals surface area contributed by atoms with E-state index in [1.807, 2.05) is 4.90 Å². The maximum atomic E-state index is 8.73. The molecule has 1 fully saturated rings. The van der Waals surface area contributed by atoms with Crippen molar-refractivity contribution in [1.29, 1.82) is 5.26 Å². The number of nitrogens with zero attached hydrogens (tertiary/aromatic N) is 2. The van der Waals surface area contributed by atoms with E-state index >= 15 is 0 Å². The summed E-state index contributed by atoms with van der Waals surface area (Å²) in [4.78, 5) is 1.82. The highest BCUT2D eigenvalue weighted by Gasteiger charge is 2.20. The van der Waals surface area contributed by atoms with Crippen LogP contribution in [-0.4, -0.2) is 23.4 Å². The molecule has 0 amide bonds. The van der Waals surface area contributed by atoms with E-state index in [2.05, 4.69) is 6.19 Å². The molecule has 0 aromatic carbocycles. The van der Waals surface area contributed by atoms with Gasteiger partial charge >= 0.3 is 0 Å². The molecule has 11 heavy (non-hydrogen) atoms. The lowest BCUT2D eigenvalue weighted by Crippen LogP contribution is -2.30. The molecule has 1 saturated carbocycles. The van der Waals surface area contributed by atoms with E-state index in [4.69, 9.17) is 16.9 Å². The zero-order chi connectivity index (χ0) is 8.10. The van der Waals surface area contributed by atoms with Crippen LogP contribution in [0, 0.1) is 11.5 Å². The quantitative estimate of drug-likeness (QED) is 0.370. The first-order valence-electron chi connectivity index (χ1n) is 4.11. The molecule has 0 aromatic rings. The van der Waals surface area contributed by atoms with E-state index in [1.54, 1.807) is 0 Å². The summed E-state index contributed by atoms with van der Waals surface area (Å²) in [6.07, 6.45) is 7.07. The molecule has 0 heterocycles. The molecule has 0 saturated heterocycles. The van der Waals surface area contributed by atoms with Crippen molar-refractivity contribution in [1.82, 2.24) is 4.90 Å². The number of nitriles is 1. The third-order valence-electron chi connectivity index (χ3n) is 2.22. The normalized spacial score (nSPS) is 18.2. The molecule has 62 valence electrons. The highest BCUT2D eigenvalue weighted by molar-refractivity contribution is 6.18. The van der Waals surface area contributed by atoms with Gasteiger partial charge in [0.05, 0.1) is 0 Å². The topological polar surface area (TPSA) is 27.0 Å². The van der Waals surface area contributed by atoms with E-state index < -0.39 is 0 Å². The molecular weight excluding hydrogens is 160 g/mol. The molecule has 0 radical (unpaired) electrons. The highest BCUT2D eigenvalue weighted by atomic mass is 35.5. The van der Waals surface area contributed by atoms with Gasteiger partial charge in [-0.3, -0.25) is 0 Å².